The number of aromatic nitrogens is 1. The molecule has 1 aliphatic carbocycles. The summed E-state index contributed by atoms with van der Waals surface area (Å²) >= 11 is 0. The van der Waals surface area contributed by atoms with Crippen molar-refractivity contribution in [2.45, 2.75) is 56.6 Å². The highest BCUT2D eigenvalue weighted by Gasteiger charge is 2.27. The van der Waals surface area contributed by atoms with Crippen molar-refractivity contribution in [1.29, 1.82) is 0 Å². The lowest BCUT2D eigenvalue weighted by molar-refractivity contribution is 0.138. The fourth-order valence-electron chi connectivity index (χ4n) is 3.28. The van der Waals surface area contributed by atoms with E-state index in [0.29, 0.717) is 18.2 Å². The van der Waals surface area contributed by atoms with Crippen LogP contribution in [0.3, 0.4) is 0 Å². The molecule has 7 heteroatoms. The van der Waals surface area contributed by atoms with E-state index in [1.165, 1.54) is 0 Å². The van der Waals surface area contributed by atoms with Crippen LogP contribution in [0.15, 0.2) is 47.5 Å². The molecule has 0 amide bonds. The number of aryl methyl sites for hydroxylation is 1. The molecule has 0 radical (unpaired) electrons. The lowest BCUT2D eigenvalue weighted by Gasteiger charge is -2.29. The highest BCUT2D eigenvalue weighted by Crippen LogP contribution is 2.26. The Morgan fingerprint density at radius 3 is 2.56 bits per heavy atom. The smallest absolute Gasteiger partial charge is 0.240 e. The highest BCUT2D eigenvalue weighted by atomic mass is 32.2. The summed E-state index contributed by atoms with van der Waals surface area (Å²) in [7, 11) is -3.55. The topological polar surface area (TPSA) is 77.5 Å². The van der Waals surface area contributed by atoms with Crippen LogP contribution < -0.4 is 14.2 Å². The third-order valence-corrected chi connectivity index (χ3v) is 6.20. The third-order valence-electron chi connectivity index (χ3n) is 4.68. The number of benzene rings is 1. The molecule has 1 fully saturated rings. The zero-order valence-electron chi connectivity index (χ0n) is 15.7. The number of hydrogen-bond acceptors (Lipinski definition) is 5. The van der Waals surface area contributed by atoms with Gasteiger partial charge in [-0.25, -0.2) is 18.1 Å². The molecule has 1 heterocycles. The van der Waals surface area contributed by atoms with Gasteiger partial charge < -0.3 is 9.47 Å². The fraction of sp³-hybridized carbons (Fsp3) is 0.450. The fourth-order valence-corrected chi connectivity index (χ4v) is 4.67. The predicted octanol–water partition coefficient (Wildman–Crippen LogP) is 3.46. The summed E-state index contributed by atoms with van der Waals surface area (Å²) in [6, 6.07) is 10.5. The number of ether oxygens (including phenoxy) is 2. The maximum Gasteiger partial charge on any atom is 0.240 e. The standard InChI is InChI=1S/C20H26N2O4S/c1-3-25-19-12-11-18(14-15(19)2)27(23,24)22-16-7-9-17(10-8-16)26-20-6-4-5-13-21-20/h4-6,11-14,16-17,22H,3,7-10H2,1-2H3. The lowest BCUT2D eigenvalue weighted by Crippen LogP contribution is -2.39. The molecule has 0 bridgehead atoms. The zero-order chi connectivity index (χ0) is 19.3. The van der Waals surface area contributed by atoms with Crippen molar-refractivity contribution in [3.05, 3.63) is 48.2 Å². The minimum absolute atomic E-state index is 0.0772. The zero-order valence-corrected chi connectivity index (χ0v) is 16.5. The molecule has 0 aliphatic heterocycles. The number of pyridine rings is 1. The van der Waals surface area contributed by atoms with Gasteiger partial charge in [0.2, 0.25) is 15.9 Å². The Morgan fingerprint density at radius 2 is 1.93 bits per heavy atom. The lowest BCUT2D eigenvalue weighted by atomic mass is 9.94. The molecule has 6 nitrogen and oxygen atoms in total. The van der Waals surface area contributed by atoms with Crippen LogP contribution in [0.25, 0.3) is 0 Å². The van der Waals surface area contributed by atoms with Gasteiger partial charge in [-0.2, -0.15) is 0 Å². The van der Waals surface area contributed by atoms with Gasteiger partial charge in [-0.1, -0.05) is 6.07 Å². The molecule has 1 N–H and O–H groups in total. The molecule has 0 atom stereocenters. The monoisotopic (exact) mass is 390 g/mol. The van der Waals surface area contributed by atoms with Gasteiger partial charge in [0.05, 0.1) is 11.5 Å². The molecule has 1 aromatic heterocycles. The number of sulfonamides is 1. The van der Waals surface area contributed by atoms with Gasteiger partial charge in [0.15, 0.2) is 0 Å². The second kappa shape index (κ2) is 8.71. The van der Waals surface area contributed by atoms with Crippen molar-refractivity contribution >= 4 is 10.0 Å². The Bertz CT molecular complexity index is 848. The molecule has 1 saturated carbocycles. The first-order valence-electron chi connectivity index (χ1n) is 9.31. The van der Waals surface area contributed by atoms with Gasteiger partial charge in [-0.05, 0) is 69.4 Å². The molecule has 0 unspecified atom stereocenters. The highest BCUT2D eigenvalue weighted by molar-refractivity contribution is 7.89. The van der Waals surface area contributed by atoms with Gasteiger partial charge in [-0.3, -0.25) is 0 Å². The number of hydrogen-bond donors (Lipinski definition) is 1. The van der Waals surface area contributed by atoms with E-state index in [9.17, 15) is 8.42 Å². The van der Waals surface area contributed by atoms with E-state index in [4.69, 9.17) is 9.47 Å². The van der Waals surface area contributed by atoms with Crippen molar-refractivity contribution in [3.8, 4) is 11.6 Å². The first-order chi connectivity index (χ1) is 13.0. The Morgan fingerprint density at radius 1 is 1.15 bits per heavy atom. The molecule has 1 aromatic carbocycles. The van der Waals surface area contributed by atoms with Crippen LogP contribution in [-0.4, -0.2) is 32.2 Å². The van der Waals surface area contributed by atoms with E-state index in [2.05, 4.69) is 9.71 Å². The van der Waals surface area contributed by atoms with Crippen LogP contribution in [0, 0.1) is 6.92 Å². The van der Waals surface area contributed by atoms with Gasteiger partial charge in [0.1, 0.15) is 11.9 Å². The maximum atomic E-state index is 12.7. The summed E-state index contributed by atoms with van der Waals surface area (Å²) in [5, 5.41) is 0. The Labute approximate surface area is 161 Å². The Kier molecular flexibility index (Phi) is 6.34. The van der Waals surface area contributed by atoms with Crippen LogP contribution in [0.1, 0.15) is 38.2 Å². The maximum absolute atomic E-state index is 12.7. The minimum atomic E-state index is -3.55. The van der Waals surface area contributed by atoms with Crippen LogP contribution in [0.5, 0.6) is 11.6 Å². The summed E-state index contributed by atoms with van der Waals surface area (Å²) in [5.74, 6) is 1.33. The molecule has 2 aromatic rings. The Balaban J connectivity index is 1.57. The molecule has 146 valence electrons. The van der Waals surface area contributed by atoms with Crippen molar-refractivity contribution in [2.24, 2.45) is 0 Å². The molecule has 3 rings (SSSR count). The second-order valence-corrected chi connectivity index (χ2v) is 8.46. The second-order valence-electron chi connectivity index (χ2n) is 6.74. The third kappa shape index (κ3) is 5.20. The van der Waals surface area contributed by atoms with E-state index < -0.39 is 10.0 Å². The summed E-state index contributed by atoms with van der Waals surface area (Å²) in [4.78, 5) is 4.45. The first-order valence-corrected chi connectivity index (χ1v) is 10.8. The van der Waals surface area contributed by atoms with Crippen molar-refractivity contribution in [3.63, 3.8) is 0 Å². The Hall–Kier alpha value is -2.12. The quantitative estimate of drug-likeness (QED) is 0.783. The summed E-state index contributed by atoms with van der Waals surface area (Å²) in [6.07, 6.45) is 4.86. The van der Waals surface area contributed by atoms with Crippen LogP contribution >= 0.6 is 0 Å². The van der Waals surface area contributed by atoms with Crippen LogP contribution in [0.2, 0.25) is 0 Å². The van der Waals surface area contributed by atoms with Crippen LogP contribution in [0.4, 0.5) is 0 Å². The summed E-state index contributed by atoms with van der Waals surface area (Å²) < 4.78 is 39.6. The minimum Gasteiger partial charge on any atom is -0.494 e. The van der Waals surface area contributed by atoms with E-state index in [1.54, 1.807) is 24.4 Å². The molecular formula is C20H26N2O4S. The van der Waals surface area contributed by atoms with E-state index in [1.807, 2.05) is 32.0 Å². The molecule has 0 saturated heterocycles. The predicted molar refractivity (Wildman–Crippen MR) is 104 cm³/mol. The number of nitrogens with one attached hydrogen (secondary N) is 1. The number of nitrogens with zero attached hydrogens (tertiary/aromatic N) is 1. The molecule has 0 spiro atoms. The average Bonchev–Trinajstić information content (AvgIpc) is 2.66. The molecule has 27 heavy (non-hydrogen) atoms. The van der Waals surface area contributed by atoms with Crippen molar-refractivity contribution in [2.75, 3.05) is 6.61 Å². The molecular weight excluding hydrogens is 364 g/mol. The van der Waals surface area contributed by atoms with E-state index in [-0.39, 0.29) is 17.0 Å². The summed E-state index contributed by atoms with van der Waals surface area (Å²) in [6.45, 7) is 4.30. The van der Waals surface area contributed by atoms with Crippen molar-refractivity contribution in [1.82, 2.24) is 9.71 Å². The van der Waals surface area contributed by atoms with Crippen LogP contribution in [-0.2, 0) is 10.0 Å². The van der Waals surface area contributed by atoms with Gasteiger partial charge in [-0.15, -0.1) is 0 Å². The normalized spacial score (nSPS) is 20.2. The average molecular weight is 391 g/mol. The van der Waals surface area contributed by atoms with E-state index in [0.717, 1.165) is 31.2 Å². The number of rotatable bonds is 7. The first kappa shape index (κ1) is 19.6. The largest absolute Gasteiger partial charge is 0.494 e. The SMILES string of the molecule is CCOc1ccc(S(=O)(=O)NC2CCC(Oc3ccccn3)CC2)cc1C. The molecule has 1 aliphatic rings. The van der Waals surface area contributed by atoms with E-state index >= 15 is 0 Å². The summed E-state index contributed by atoms with van der Waals surface area (Å²) in [5.41, 5.74) is 0.812. The van der Waals surface area contributed by atoms with Gasteiger partial charge in [0.25, 0.3) is 0 Å². The van der Waals surface area contributed by atoms with Gasteiger partial charge in [0, 0.05) is 18.3 Å². The van der Waals surface area contributed by atoms with Crippen molar-refractivity contribution < 1.29 is 17.9 Å². The van der Waals surface area contributed by atoms with Gasteiger partial charge >= 0.3 is 0 Å².